The van der Waals surface area contributed by atoms with E-state index < -0.39 is 4.92 Å². The van der Waals surface area contributed by atoms with Crippen molar-refractivity contribution in [2.75, 3.05) is 6.54 Å². The lowest BCUT2D eigenvalue weighted by atomic mass is 10.1. The van der Waals surface area contributed by atoms with Crippen LogP contribution in [0.5, 0.6) is 0 Å². The van der Waals surface area contributed by atoms with E-state index >= 15 is 0 Å². The molecule has 0 aliphatic rings. The van der Waals surface area contributed by atoms with Gasteiger partial charge in [0.25, 0.3) is 11.6 Å². The van der Waals surface area contributed by atoms with Gasteiger partial charge in [0.15, 0.2) is 0 Å². The van der Waals surface area contributed by atoms with Gasteiger partial charge in [-0.15, -0.1) is 0 Å². The van der Waals surface area contributed by atoms with Gasteiger partial charge in [-0.2, -0.15) is 4.98 Å². The Labute approximate surface area is 183 Å². The number of benzene rings is 2. The van der Waals surface area contributed by atoms with Crippen molar-refractivity contribution < 1.29 is 18.7 Å². The molecule has 0 saturated heterocycles. The Hall–Kier alpha value is -4.27. The first-order valence-corrected chi connectivity index (χ1v) is 9.95. The largest absolute Gasteiger partial charge is 0.467 e. The number of non-ortho nitro benzene ring substituents is 1. The summed E-state index contributed by atoms with van der Waals surface area (Å²) < 4.78 is 10.8. The van der Waals surface area contributed by atoms with Crippen LogP contribution in [-0.4, -0.2) is 32.4 Å². The van der Waals surface area contributed by atoms with E-state index in [2.05, 4.69) is 10.1 Å². The van der Waals surface area contributed by atoms with Crippen molar-refractivity contribution >= 4 is 11.6 Å². The molecule has 0 bridgehead atoms. The summed E-state index contributed by atoms with van der Waals surface area (Å²) in [6, 6.07) is 16.9. The maximum atomic E-state index is 13.1. The average molecular weight is 432 g/mol. The van der Waals surface area contributed by atoms with E-state index in [1.165, 1.54) is 29.4 Å². The number of carbonyl (C=O) groups excluding carboxylic acids is 1. The number of amides is 1. The number of rotatable bonds is 8. The first-order valence-electron chi connectivity index (χ1n) is 9.95. The second-order valence-electron chi connectivity index (χ2n) is 7.24. The molecule has 0 saturated carbocycles. The van der Waals surface area contributed by atoms with Gasteiger partial charge in [-0.05, 0) is 31.2 Å². The quantitative estimate of drug-likeness (QED) is 0.299. The first-order chi connectivity index (χ1) is 15.5. The average Bonchev–Trinajstić information content (AvgIpc) is 3.48. The first kappa shape index (κ1) is 21.0. The van der Waals surface area contributed by atoms with Crippen molar-refractivity contribution in [2.45, 2.75) is 19.9 Å². The van der Waals surface area contributed by atoms with Crippen LogP contribution < -0.4 is 0 Å². The highest BCUT2D eigenvalue weighted by Crippen LogP contribution is 2.19. The van der Waals surface area contributed by atoms with Gasteiger partial charge in [0.05, 0.1) is 17.7 Å². The maximum Gasteiger partial charge on any atom is 0.270 e. The molecule has 9 heteroatoms. The zero-order valence-electron chi connectivity index (χ0n) is 17.3. The highest BCUT2D eigenvalue weighted by molar-refractivity contribution is 5.94. The molecule has 1 amide bonds. The molecule has 4 aromatic rings. The molecule has 9 nitrogen and oxygen atoms in total. The molecule has 0 atom stereocenters. The van der Waals surface area contributed by atoms with E-state index in [1.54, 1.807) is 18.2 Å². The molecule has 162 valence electrons. The van der Waals surface area contributed by atoms with Crippen LogP contribution in [0.3, 0.4) is 0 Å². The van der Waals surface area contributed by atoms with Crippen LogP contribution in [0.25, 0.3) is 11.4 Å². The summed E-state index contributed by atoms with van der Waals surface area (Å²) in [4.78, 5) is 29.7. The van der Waals surface area contributed by atoms with Crippen molar-refractivity contribution in [2.24, 2.45) is 0 Å². The van der Waals surface area contributed by atoms with Crippen LogP contribution in [0.15, 0.2) is 75.9 Å². The molecule has 0 fully saturated rings. The third-order valence-electron chi connectivity index (χ3n) is 4.86. The Balaban J connectivity index is 1.52. The van der Waals surface area contributed by atoms with Crippen molar-refractivity contribution in [1.82, 2.24) is 15.0 Å². The van der Waals surface area contributed by atoms with Crippen molar-refractivity contribution in [3.8, 4) is 11.4 Å². The third-order valence-corrected chi connectivity index (χ3v) is 4.86. The zero-order chi connectivity index (χ0) is 22.5. The summed E-state index contributed by atoms with van der Waals surface area (Å²) in [6.45, 7) is 2.45. The van der Waals surface area contributed by atoms with E-state index in [0.717, 1.165) is 11.1 Å². The predicted octanol–water partition coefficient (Wildman–Crippen LogP) is 4.43. The summed E-state index contributed by atoms with van der Waals surface area (Å²) in [7, 11) is 0. The summed E-state index contributed by atoms with van der Waals surface area (Å²) in [5.41, 5.74) is 2.01. The molecule has 2 aromatic heterocycles. The monoisotopic (exact) mass is 432 g/mol. The van der Waals surface area contributed by atoms with Crippen LogP contribution in [0, 0.1) is 17.0 Å². The Morgan fingerprint density at radius 1 is 1.12 bits per heavy atom. The molecular formula is C23H20N4O5. The number of nitro groups is 1. The molecule has 2 aromatic carbocycles. The third kappa shape index (κ3) is 4.89. The highest BCUT2D eigenvalue weighted by Gasteiger charge is 2.21. The van der Waals surface area contributed by atoms with Gasteiger partial charge in [0.2, 0.25) is 11.7 Å². The molecule has 0 aliphatic heterocycles. The lowest BCUT2D eigenvalue weighted by molar-refractivity contribution is -0.384. The number of aryl methyl sites for hydroxylation is 1. The molecule has 32 heavy (non-hydrogen) atoms. The maximum absolute atomic E-state index is 13.1. The SMILES string of the molecule is Cc1cccc(-c2noc(CCN(Cc3ccco3)C(=O)c3cccc([N+](=O)[O-])c3)n2)c1. The van der Waals surface area contributed by atoms with Gasteiger partial charge in [0.1, 0.15) is 5.76 Å². The van der Waals surface area contributed by atoms with Gasteiger partial charge in [0, 0.05) is 36.2 Å². The van der Waals surface area contributed by atoms with Crippen molar-refractivity contribution in [1.29, 1.82) is 0 Å². The van der Waals surface area contributed by atoms with Gasteiger partial charge in [-0.3, -0.25) is 14.9 Å². The minimum Gasteiger partial charge on any atom is -0.467 e. The van der Waals surface area contributed by atoms with E-state index in [9.17, 15) is 14.9 Å². The Kier molecular flexibility index (Phi) is 6.07. The Morgan fingerprint density at radius 2 is 1.97 bits per heavy atom. The van der Waals surface area contributed by atoms with Gasteiger partial charge in [-0.1, -0.05) is 35.0 Å². The molecule has 0 aliphatic carbocycles. The van der Waals surface area contributed by atoms with E-state index in [-0.39, 0.29) is 30.2 Å². The second-order valence-corrected chi connectivity index (χ2v) is 7.24. The summed E-state index contributed by atoms with van der Waals surface area (Å²) >= 11 is 0. The number of hydrogen-bond acceptors (Lipinski definition) is 7. The molecule has 0 spiro atoms. The van der Waals surface area contributed by atoms with Gasteiger partial charge < -0.3 is 13.8 Å². The Morgan fingerprint density at radius 3 is 2.72 bits per heavy atom. The van der Waals surface area contributed by atoms with Crippen LogP contribution in [0.1, 0.15) is 27.6 Å². The normalized spacial score (nSPS) is 10.8. The van der Waals surface area contributed by atoms with Crippen molar-refractivity contribution in [3.63, 3.8) is 0 Å². The fourth-order valence-electron chi connectivity index (χ4n) is 3.27. The molecule has 0 unspecified atom stereocenters. The summed E-state index contributed by atoms with van der Waals surface area (Å²) in [6.07, 6.45) is 1.84. The lowest BCUT2D eigenvalue weighted by Gasteiger charge is -2.21. The van der Waals surface area contributed by atoms with Crippen LogP contribution >= 0.6 is 0 Å². The number of nitro benzene ring substituents is 1. The minimum absolute atomic E-state index is 0.145. The molecule has 0 radical (unpaired) electrons. The van der Waals surface area contributed by atoms with Crippen LogP contribution in [0.4, 0.5) is 5.69 Å². The lowest BCUT2D eigenvalue weighted by Crippen LogP contribution is -2.32. The molecule has 4 rings (SSSR count). The van der Waals surface area contributed by atoms with E-state index in [0.29, 0.717) is 23.9 Å². The topological polar surface area (TPSA) is 116 Å². The predicted molar refractivity (Wildman–Crippen MR) is 115 cm³/mol. The summed E-state index contributed by atoms with van der Waals surface area (Å²) in [5.74, 6) is 1.10. The summed E-state index contributed by atoms with van der Waals surface area (Å²) in [5, 5.41) is 15.1. The molecular weight excluding hydrogens is 412 g/mol. The second kappa shape index (κ2) is 9.25. The van der Waals surface area contributed by atoms with Crippen LogP contribution in [-0.2, 0) is 13.0 Å². The number of furan rings is 1. The molecule has 0 N–H and O–H groups in total. The standard InChI is InChI=1S/C23H20N4O5/c1-16-5-2-6-17(13-16)22-24-21(32-25-22)10-11-26(15-20-9-4-12-31-20)23(28)18-7-3-8-19(14-18)27(29)30/h2-9,12-14H,10-11,15H2,1H3. The van der Waals surface area contributed by atoms with Gasteiger partial charge >= 0.3 is 0 Å². The fraction of sp³-hybridized carbons (Fsp3) is 0.174. The zero-order valence-corrected chi connectivity index (χ0v) is 17.3. The van der Waals surface area contributed by atoms with E-state index in [4.69, 9.17) is 8.94 Å². The molecule has 2 heterocycles. The van der Waals surface area contributed by atoms with Gasteiger partial charge in [-0.25, -0.2) is 0 Å². The Bertz CT molecular complexity index is 1230. The van der Waals surface area contributed by atoms with E-state index in [1.807, 2.05) is 31.2 Å². The number of hydrogen-bond donors (Lipinski definition) is 0. The number of nitrogens with zero attached hydrogens (tertiary/aromatic N) is 4. The smallest absolute Gasteiger partial charge is 0.270 e. The number of aromatic nitrogens is 2. The van der Waals surface area contributed by atoms with Crippen LogP contribution in [0.2, 0.25) is 0 Å². The highest BCUT2D eigenvalue weighted by atomic mass is 16.6. The fourth-order valence-corrected chi connectivity index (χ4v) is 3.27. The van der Waals surface area contributed by atoms with Crippen molar-refractivity contribution in [3.05, 3.63) is 99.8 Å². The minimum atomic E-state index is -0.529. The number of carbonyl (C=O) groups is 1.